The maximum atomic E-state index is 12.9. The molecule has 0 aromatic heterocycles. The van der Waals surface area contributed by atoms with Gasteiger partial charge in [0.1, 0.15) is 0 Å². The van der Waals surface area contributed by atoms with Crippen LogP contribution in [0.15, 0.2) is 48.5 Å². The van der Waals surface area contributed by atoms with Crippen LogP contribution >= 0.6 is 0 Å². The fraction of sp³-hybridized carbons (Fsp3) is 0.400. The van der Waals surface area contributed by atoms with Crippen LogP contribution in [0.25, 0.3) is 0 Å². The van der Waals surface area contributed by atoms with Crippen LogP contribution in [-0.4, -0.2) is 31.9 Å². The van der Waals surface area contributed by atoms with Gasteiger partial charge in [-0.15, -0.1) is 0 Å². The molecule has 0 N–H and O–H groups in total. The van der Waals surface area contributed by atoms with E-state index >= 15 is 0 Å². The average molecular weight is 359 g/mol. The maximum absolute atomic E-state index is 12.9. The molecule has 3 rings (SSSR count). The molecule has 0 spiro atoms. The summed E-state index contributed by atoms with van der Waals surface area (Å²) in [5.41, 5.74) is 4.09. The van der Waals surface area contributed by atoms with Crippen molar-refractivity contribution in [1.82, 2.24) is 4.31 Å². The summed E-state index contributed by atoms with van der Waals surface area (Å²) in [6.07, 6.45) is -0.357. The van der Waals surface area contributed by atoms with Gasteiger partial charge in [0, 0.05) is 13.1 Å². The number of hydrogen-bond acceptors (Lipinski definition) is 3. The first kappa shape index (κ1) is 18.1. The summed E-state index contributed by atoms with van der Waals surface area (Å²) in [6, 6.07) is 15.8. The van der Waals surface area contributed by atoms with Crippen molar-refractivity contribution in [1.29, 1.82) is 0 Å². The fourth-order valence-corrected chi connectivity index (χ4v) is 4.79. The number of benzene rings is 2. The van der Waals surface area contributed by atoms with E-state index in [9.17, 15) is 8.42 Å². The zero-order valence-corrected chi connectivity index (χ0v) is 15.8. The van der Waals surface area contributed by atoms with Gasteiger partial charge >= 0.3 is 0 Å². The summed E-state index contributed by atoms with van der Waals surface area (Å²) in [7, 11) is -3.38. The van der Waals surface area contributed by atoms with Crippen molar-refractivity contribution in [3.63, 3.8) is 0 Å². The summed E-state index contributed by atoms with van der Waals surface area (Å²) in [4.78, 5) is 0. The van der Waals surface area contributed by atoms with Gasteiger partial charge in [-0.2, -0.15) is 4.31 Å². The van der Waals surface area contributed by atoms with E-state index in [4.69, 9.17) is 4.74 Å². The zero-order chi connectivity index (χ0) is 18.0. The molecule has 134 valence electrons. The lowest BCUT2D eigenvalue weighted by molar-refractivity contribution is -0.0557. The Morgan fingerprint density at radius 3 is 2.44 bits per heavy atom. The second kappa shape index (κ2) is 7.28. The highest BCUT2D eigenvalue weighted by atomic mass is 32.2. The van der Waals surface area contributed by atoms with Gasteiger partial charge in [-0.05, 0) is 31.9 Å². The number of aryl methyl sites for hydroxylation is 2. The summed E-state index contributed by atoms with van der Waals surface area (Å²) >= 11 is 0. The van der Waals surface area contributed by atoms with Crippen molar-refractivity contribution in [3.05, 3.63) is 70.8 Å². The van der Waals surface area contributed by atoms with Crippen LogP contribution in [0.3, 0.4) is 0 Å². The minimum Gasteiger partial charge on any atom is -0.368 e. The third-order valence-corrected chi connectivity index (χ3v) is 6.28. The number of hydrogen-bond donors (Lipinski definition) is 0. The molecule has 2 aromatic rings. The van der Waals surface area contributed by atoms with Gasteiger partial charge in [-0.1, -0.05) is 59.7 Å². The standard InChI is InChI=1S/C20H25NO3S/c1-15-7-9-19(10-8-15)20-13-21(12-17(3)24-20)25(22,23)14-18-6-4-5-16(2)11-18/h4-11,17,20H,12-14H2,1-3H3. The molecular formula is C20H25NO3S. The van der Waals surface area contributed by atoms with Crippen molar-refractivity contribution in [2.24, 2.45) is 0 Å². The van der Waals surface area contributed by atoms with Gasteiger partial charge in [0.25, 0.3) is 0 Å². The SMILES string of the molecule is Cc1ccc(C2CN(S(=O)(=O)Cc3cccc(C)c3)CC(C)O2)cc1. The fourth-order valence-electron chi connectivity index (χ4n) is 3.21. The van der Waals surface area contributed by atoms with E-state index in [2.05, 4.69) is 0 Å². The Balaban J connectivity index is 1.79. The van der Waals surface area contributed by atoms with Gasteiger partial charge in [0.2, 0.25) is 10.0 Å². The molecule has 4 nitrogen and oxygen atoms in total. The smallest absolute Gasteiger partial charge is 0.218 e. The van der Waals surface area contributed by atoms with Gasteiger partial charge in [0.05, 0.1) is 18.0 Å². The molecule has 2 aromatic carbocycles. The molecule has 0 bridgehead atoms. The Morgan fingerprint density at radius 2 is 1.76 bits per heavy atom. The van der Waals surface area contributed by atoms with E-state index in [0.29, 0.717) is 13.1 Å². The Morgan fingerprint density at radius 1 is 1.04 bits per heavy atom. The maximum Gasteiger partial charge on any atom is 0.218 e. The Hall–Kier alpha value is -1.69. The Bertz CT molecular complexity index is 830. The quantitative estimate of drug-likeness (QED) is 0.838. The van der Waals surface area contributed by atoms with Crippen LogP contribution in [0.4, 0.5) is 0 Å². The molecule has 2 atom stereocenters. The number of ether oxygens (including phenoxy) is 1. The minimum absolute atomic E-state index is 0.0298. The van der Waals surface area contributed by atoms with Crippen molar-refractivity contribution >= 4 is 10.0 Å². The third kappa shape index (κ3) is 4.48. The summed E-state index contributed by atoms with van der Waals surface area (Å²) in [6.45, 7) is 6.70. The van der Waals surface area contributed by atoms with E-state index in [1.165, 1.54) is 5.56 Å². The van der Waals surface area contributed by atoms with Crippen LogP contribution in [0.2, 0.25) is 0 Å². The highest BCUT2D eigenvalue weighted by Gasteiger charge is 2.33. The first-order valence-corrected chi connectivity index (χ1v) is 10.2. The Kier molecular flexibility index (Phi) is 5.27. The molecule has 25 heavy (non-hydrogen) atoms. The van der Waals surface area contributed by atoms with Crippen LogP contribution < -0.4 is 0 Å². The predicted molar refractivity (Wildman–Crippen MR) is 99.8 cm³/mol. The molecule has 1 heterocycles. The molecular weight excluding hydrogens is 334 g/mol. The summed E-state index contributed by atoms with van der Waals surface area (Å²) in [5, 5.41) is 0. The average Bonchev–Trinajstić information content (AvgIpc) is 2.54. The molecule has 1 saturated heterocycles. The second-order valence-electron chi connectivity index (χ2n) is 6.91. The molecule has 0 aliphatic carbocycles. The van der Waals surface area contributed by atoms with E-state index in [0.717, 1.165) is 16.7 Å². The summed E-state index contributed by atoms with van der Waals surface area (Å²) in [5.74, 6) is 0.0298. The van der Waals surface area contributed by atoms with Crippen molar-refractivity contribution in [3.8, 4) is 0 Å². The molecule has 2 unspecified atom stereocenters. The van der Waals surface area contributed by atoms with Crippen LogP contribution in [0.5, 0.6) is 0 Å². The third-order valence-electron chi connectivity index (χ3n) is 4.50. The van der Waals surface area contributed by atoms with E-state index < -0.39 is 10.0 Å². The molecule has 1 aliphatic heterocycles. The normalized spacial score (nSPS) is 22.0. The first-order chi connectivity index (χ1) is 11.8. The van der Waals surface area contributed by atoms with Crippen LogP contribution in [-0.2, 0) is 20.5 Å². The lowest BCUT2D eigenvalue weighted by Crippen LogP contribution is -2.46. The Labute approximate surface area is 150 Å². The van der Waals surface area contributed by atoms with E-state index in [-0.39, 0.29) is 18.0 Å². The molecule has 0 saturated carbocycles. The molecule has 5 heteroatoms. The number of rotatable bonds is 4. The monoisotopic (exact) mass is 359 g/mol. The van der Waals surface area contributed by atoms with Crippen LogP contribution in [0.1, 0.15) is 35.3 Å². The molecule has 0 amide bonds. The van der Waals surface area contributed by atoms with Gasteiger partial charge in [-0.3, -0.25) is 0 Å². The lowest BCUT2D eigenvalue weighted by Gasteiger charge is -2.36. The van der Waals surface area contributed by atoms with Crippen LogP contribution in [0, 0.1) is 13.8 Å². The first-order valence-electron chi connectivity index (χ1n) is 8.59. The largest absolute Gasteiger partial charge is 0.368 e. The molecule has 1 aliphatic rings. The van der Waals surface area contributed by atoms with Gasteiger partial charge in [0.15, 0.2) is 0 Å². The zero-order valence-electron chi connectivity index (χ0n) is 15.0. The minimum atomic E-state index is -3.38. The van der Waals surface area contributed by atoms with Gasteiger partial charge in [-0.25, -0.2) is 8.42 Å². The van der Waals surface area contributed by atoms with Crippen molar-refractivity contribution < 1.29 is 13.2 Å². The molecule has 0 radical (unpaired) electrons. The highest BCUT2D eigenvalue weighted by molar-refractivity contribution is 7.88. The number of morpholine rings is 1. The molecule has 1 fully saturated rings. The highest BCUT2D eigenvalue weighted by Crippen LogP contribution is 2.28. The number of sulfonamides is 1. The van der Waals surface area contributed by atoms with Gasteiger partial charge < -0.3 is 4.74 Å². The van der Waals surface area contributed by atoms with Crippen molar-refractivity contribution in [2.75, 3.05) is 13.1 Å². The lowest BCUT2D eigenvalue weighted by atomic mass is 10.1. The second-order valence-corrected chi connectivity index (χ2v) is 8.88. The van der Waals surface area contributed by atoms with E-state index in [1.54, 1.807) is 4.31 Å². The predicted octanol–water partition coefficient (Wildman–Crippen LogP) is 3.60. The summed E-state index contributed by atoms with van der Waals surface area (Å²) < 4.78 is 33.4. The number of nitrogens with zero attached hydrogens (tertiary/aromatic N) is 1. The topological polar surface area (TPSA) is 46.6 Å². The van der Waals surface area contributed by atoms with E-state index in [1.807, 2.05) is 69.3 Å². The van der Waals surface area contributed by atoms with Crippen molar-refractivity contribution in [2.45, 2.75) is 38.7 Å².